The summed E-state index contributed by atoms with van der Waals surface area (Å²) in [4.78, 5) is 12.1. The number of carbonyl (C=O) groups excluding carboxylic acids is 1. The number of primary sulfonamides is 1. The lowest BCUT2D eigenvalue weighted by Gasteiger charge is -2.09. The molecule has 0 saturated carbocycles. The van der Waals surface area contributed by atoms with Gasteiger partial charge in [0.1, 0.15) is 6.61 Å². The first-order chi connectivity index (χ1) is 12.8. The molecule has 7 heteroatoms. The van der Waals surface area contributed by atoms with Crippen LogP contribution in [0.5, 0.6) is 0 Å². The molecule has 0 amide bonds. The zero-order valence-electron chi connectivity index (χ0n) is 14.1. The van der Waals surface area contributed by atoms with Crippen LogP contribution in [0, 0.1) is 0 Å². The zero-order valence-corrected chi connectivity index (χ0v) is 15.7. The number of carbonyl (C=O) groups is 1. The monoisotopic (exact) mass is 401 g/mol. The summed E-state index contributed by atoms with van der Waals surface area (Å²) < 4.78 is 28.1. The molecule has 3 aromatic rings. The highest BCUT2D eigenvalue weighted by molar-refractivity contribution is 7.89. The summed E-state index contributed by atoms with van der Waals surface area (Å²) in [6.07, 6.45) is 0. The Morgan fingerprint density at radius 3 is 2.19 bits per heavy atom. The molecule has 0 aliphatic carbocycles. The smallest absolute Gasteiger partial charge is 0.340 e. The molecule has 3 aromatic carbocycles. The van der Waals surface area contributed by atoms with Crippen molar-refractivity contribution in [2.45, 2.75) is 11.5 Å². The largest absolute Gasteiger partial charge is 0.457 e. The lowest BCUT2D eigenvalue weighted by Crippen LogP contribution is -2.14. The van der Waals surface area contributed by atoms with Crippen molar-refractivity contribution in [1.82, 2.24) is 0 Å². The number of halogens is 1. The van der Waals surface area contributed by atoms with E-state index >= 15 is 0 Å². The van der Waals surface area contributed by atoms with Crippen LogP contribution in [0.1, 0.15) is 15.9 Å². The minimum Gasteiger partial charge on any atom is -0.457 e. The van der Waals surface area contributed by atoms with Gasteiger partial charge in [-0.2, -0.15) is 0 Å². The lowest BCUT2D eigenvalue weighted by molar-refractivity contribution is 0.0472. The molecule has 0 aliphatic rings. The number of esters is 1. The summed E-state index contributed by atoms with van der Waals surface area (Å²) in [5.74, 6) is -0.724. The normalized spacial score (nSPS) is 11.2. The maximum absolute atomic E-state index is 12.3. The predicted octanol–water partition coefficient (Wildman–Crippen LogP) is 4.01. The lowest BCUT2D eigenvalue weighted by atomic mass is 10.0. The van der Waals surface area contributed by atoms with Crippen molar-refractivity contribution < 1.29 is 17.9 Å². The van der Waals surface area contributed by atoms with E-state index in [2.05, 4.69) is 0 Å². The Balaban J connectivity index is 1.71. The Morgan fingerprint density at radius 2 is 1.56 bits per heavy atom. The van der Waals surface area contributed by atoms with Crippen molar-refractivity contribution in [3.05, 3.63) is 88.9 Å². The Kier molecular flexibility index (Phi) is 5.60. The van der Waals surface area contributed by atoms with Crippen molar-refractivity contribution in [3.63, 3.8) is 0 Å². The second kappa shape index (κ2) is 7.92. The van der Waals surface area contributed by atoms with Crippen molar-refractivity contribution >= 4 is 27.6 Å². The van der Waals surface area contributed by atoms with E-state index in [0.717, 1.165) is 22.8 Å². The van der Waals surface area contributed by atoms with Crippen LogP contribution in [0.15, 0.2) is 77.7 Å². The van der Waals surface area contributed by atoms with Crippen LogP contribution < -0.4 is 5.14 Å². The third-order valence-electron chi connectivity index (χ3n) is 3.92. The van der Waals surface area contributed by atoms with Crippen LogP contribution in [0.4, 0.5) is 0 Å². The maximum Gasteiger partial charge on any atom is 0.340 e. The molecule has 0 fully saturated rings. The van der Waals surface area contributed by atoms with E-state index in [-0.39, 0.29) is 22.1 Å². The van der Waals surface area contributed by atoms with Crippen molar-refractivity contribution in [3.8, 4) is 11.1 Å². The molecule has 2 N–H and O–H groups in total. The molecular formula is C20H16ClNO4S. The van der Waals surface area contributed by atoms with E-state index in [1.165, 1.54) is 12.1 Å². The molecule has 0 aromatic heterocycles. The highest BCUT2D eigenvalue weighted by atomic mass is 35.5. The molecule has 0 atom stereocenters. The van der Waals surface area contributed by atoms with Crippen LogP contribution in [0.2, 0.25) is 5.02 Å². The van der Waals surface area contributed by atoms with Gasteiger partial charge in [0.05, 0.1) is 15.5 Å². The maximum atomic E-state index is 12.3. The average molecular weight is 402 g/mol. The number of nitrogens with two attached hydrogens (primary N) is 1. The van der Waals surface area contributed by atoms with Crippen LogP contribution in [-0.2, 0) is 21.4 Å². The molecule has 3 rings (SSSR count). The molecule has 5 nitrogen and oxygen atoms in total. The van der Waals surface area contributed by atoms with E-state index in [1.807, 2.05) is 54.6 Å². The van der Waals surface area contributed by atoms with Gasteiger partial charge in [0.15, 0.2) is 0 Å². The Hall–Kier alpha value is -2.67. The van der Waals surface area contributed by atoms with Crippen molar-refractivity contribution in [2.75, 3.05) is 0 Å². The van der Waals surface area contributed by atoms with Gasteiger partial charge in [-0.1, -0.05) is 66.2 Å². The van der Waals surface area contributed by atoms with Crippen LogP contribution in [0.3, 0.4) is 0 Å². The first-order valence-corrected chi connectivity index (χ1v) is 9.91. The van der Waals surface area contributed by atoms with E-state index in [0.29, 0.717) is 0 Å². The summed E-state index contributed by atoms with van der Waals surface area (Å²) in [7, 11) is -3.94. The first kappa shape index (κ1) is 19.1. The highest BCUT2D eigenvalue weighted by Crippen LogP contribution is 2.22. The highest BCUT2D eigenvalue weighted by Gasteiger charge is 2.17. The Morgan fingerprint density at radius 1 is 0.926 bits per heavy atom. The molecule has 27 heavy (non-hydrogen) atoms. The fourth-order valence-corrected chi connectivity index (χ4v) is 3.22. The van der Waals surface area contributed by atoms with Gasteiger partial charge < -0.3 is 4.74 Å². The molecule has 0 unspecified atom stereocenters. The van der Waals surface area contributed by atoms with Gasteiger partial charge in [-0.25, -0.2) is 18.4 Å². The van der Waals surface area contributed by atoms with Crippen LogP contribution >= 0.6 is 11.6 Å². The minimum atomic E-state index is -3.94. The second-order valence-corrected chi connectivity index (χ2v) is 7.79. The van der Waals surface area contributed by atoms with E-state index in [9.17, 15) is 13.2 Å². The average Bonchev–Trinajstić information content (AvgIpc) is 2.66. The third-order valence-corrected chi connectivity index (χ3v) is 5.16. The minimum absolute atomic E-state index is 0.0316. The molecule has 0 spiro atoms. The molecule has 0 radical (unpaired) electrons. The third kappa shape index (κ3) is 4.74. The van der Waals surface area contributed by atoms with Gasteiger partial charge >= 0.3 is 5.97 Å². The second-order valence-electron chi connectivity index (χ2n) is 5.83. The quantitative estimate of drug-likeness (QED) is 0.654. The standard InChI is InChI=1S/C20H16ClNO4S/c21-19-11-10-17(27(22,24)25)12-18(19)20(23)26-13-14-6-8-16(9-7-14)15-4-2-1-3-5-15/h1-12H,13H2,(H2,22,24,25). The van der Waals surface area contributed by atoms with E-state index in [4.69, 9.17) is 21.5 Å². The van der Waals surface area contributed by atoms with Crippen molar-refractivity contribution in [2.24, 2.45) is 5.14 Å². The van der Waals surface area contributed by atoms with E-state index < -0.39 is 16.0 Å². The summed E-state index contributed by atoms with van der Waals surface area (Å²) in [6.45, 7) is 0.0316. The topological polar surface area (TPSA) is 86.5 Å². The number of sulfonamides is 1. The van der Waals surface area contributed by atoms with Gasteiger partial charge in [-0.3, -0.25) is 0 Å². The molecular weight excluding hydrogens is 386 g/mol. The molecule has 0 heterocycles. The summed E-state index contributed by atoms with van der Waals surface area (Å²) in [6, 6.07) is 21.1. The van der Waals surface area contributed by atoms with Gasteiger partial charge in [-0.05, 0) is 34.9 Å². The molecule has 0 saturated heterocycles. The van der Waals surface area contributed by atoms with Gasteiger partial charge in [0.25, 0.3) is 0 Å². The number of rotatable bonds is 5. The van der Waals surface area contributed by atoms with Crippen molar-refractivity contribution in [1.29, 1.82) is 0 Å². The predicted molar refractivity (Wildman–Crippen MR) is 104 cm³/mol. The summed E-state index contributed by atoms with van der Waals surface area (Å²) in [5.41, 5.74) is 2.88. The van der Waals surface area contributed by atoms with Gasteiger partial charge in [0.2, 0.25) is 10.0 Å². The Bertz CT molecular complexity index is 1060. The van der Waals surface area contributed by atoms with Gasteiger partial charge in [-0.15, -0.1) is 0 Å². The number of hydrogen-bond donors (Lipinski definition) is 1. The fraction of sp³-hybridized carbons (Fsp3) is 0.0500. The number of ether oxygens (including phenoxy) is 1. The van der Waals surface area contributed by atoms with E-state index in [1.54, 1.807) is 0 Å². The number of hydrogen-bond acceptors (Lipinski definition) is 4. The zero-order chi connectivity index (χ0) is 19.4. The summed E-state index contributed by atoms with van der Waals surface area (Å²) in [5, 5.41) is 5.17. The fourth-order valence-electron chi connectivity index (χ4n) is 2.49. The summed E-state index contributed by atoms with van der Waals surface area (Å²) >= 11 is 5.98. The van der Waals surface area contributed by atoms with Gasteiger partial charge in [0, 0.05) is 0 Å². The molecule has 138 valence electrons. The SMILES string of the molecule is NS(=O)(=O)c1ccc(Cl)c(C(=O)OCc2ccc(-c3ccccc3)cc2)c1. The van der Waals surface area contributed by atoms with Crippen LogP contribution in [0.25, 0.3) is 11.1 Å². The Labute approximate surface area is 162 Å². The number of benzene rings is 3. The molecule has 0 aliphatic heterocycles. The first-order valence-electron chi connectivity index (χ1n) is 7.98. The molecule has 0 bridgehead atoms. The van der Waals surface area contributed by atoms with Crippen LogP contribution in [-0.4, -0.2) is 14.4 Å².